The van der Waals surface area contributed by atoms with Crippen LogP contribution in [0.5, 0.6) is 0 Å². The number of nitrogens with zero attached hydrogens (tertiary/aromatic N) is 3. The Kier molecular flexibility index (Phi) is 5.10. The molecule has 0 spiro atoms. The Morgan fingerprint density at radius 1 is 1.46 bits per heavy atom. The lowest BCUT2D eigenvalue weighted by atomic mass is 10.2. The minimum absolute atomic E-state index is 0.0890. The monoisotopic (exact) mass is 390 g/mol. The molecule has 1 aliphatic rings. The Labute approximate surface area is 158 Å². The van der Waals surface area contributed by atoms with E-state index in [4.69, 9.17) is 12.2 Å². The van der Waals surface area contributed by atoms with E-state index >= 15 is 0 Å². The maximum absolute atomic E-state index is 14.0. The molecule has 0 unspecified atom stereocenters. The van der Waals surface area contributed by atoms with Gasteiger partial charge in [-0.1, -0.05) is 12.1 Å². The second kappa shape index (κ2) is 7.30. The number of carbonyl (C=O) groups is 2. The van der Waals surface area contributed by atoms with Crippen molar-refractivity contribution < 1.29 is 14.0 Å². The van der Waals surface area contributed by atoms with Crippen molar-refractivity contribution in [1.82, 2.24) is 10.3 Å². The molecule has 0 atom stereocenters. The van der Waals surface area contributed by atoms with Gasteiger partial charge in [-0.2, -0.15) is 0 Å². The van der Waals surface area contributed by atoms with E-state index in [2.05, 4.69) is 10.3 Å². The number of rotatable bonds is 4. The van der Waals surface area contributed by atoms with Crippen LogP contribution in [-0.2, 0) is 9.59 Å². The zero-order chi connectivity index (χ0) is 18.8. The van der Waals surface area contributed by atoms with Crippen molar-refractivity contribution in [2.45, 2.75) is 13.8 Å². The number of aromatic nitrogens is 1. The first kappa shape index (κ1) is 18.2. The molecule has 1 fully saturated rings. The summed E-state index contributed by atoms with van der Waals surface area (Å²) in [4.78, 5) is 31.2. The number of amides is 2. The highest BCUT2D eigenvalue weighted by molar-refractivity contribution is 7.80. The van der Waals surface area contributed by atoms with Crippen molar-refractivity contribution in [2.24, 2.45) is 0 Å². The summed E-state index contributed by atoms with van der Waals surface area (Å²) >= 11 is 6.47. The van der Waals surface area contributed by atoms with E-state index in [1.165, 1.54) is 47.4 Å². The fourth-order valence-corrected chi connectivity index (χ4v) is 3.68. The highest BCUT2D eigenvalue weighted by Crippen LogP contribution is 2.26. The highest BCUT2D eigenvalue weighted by Gasteiger charge is 2.33. The molecule has 0 bridgehead atoms. The lowest BCUT2D eigenvalue weighted by Gasteiger charge is -2.14. The third kappa shape index (κ3) is 3.35. The molecule has 1 aliphatic heterocycles. The van der Waals surface area contributed by atoms with Gasteiger partial charge in [-0.15, -0.1) is 11.3 Å². The number of thiazole rings is 1. The van der Waals surface area contributed by atoms with Gasteiger partial charge in [0.15, 0.2) is 10.2 Å². The number of para-hydroxylation sites is 1. The van der Waals surface area contributed by atoms with E-state index in [-0.39, 0.29) is 22.4 Å². The van der Waals surface area contributed by atoms with Gasteiger partial charge in [0.25, 0.3) is 5.91 Å². The van der Waals surface area contributed by atoms with Gasteiger partial charge < -0.3 is 5.32 Å². The van der Waals surface area contributed by atoms with Crippen LogP contribution in [0.3, 0.4) is 0 Å². The van der Waals surface area contributed by atoms with Crippen LogP contribution in [0.2, 0.25) is 0 Å². The predicted molar refractivity (Wildman–Crippen MR) is 103 cm³/mol. The van der Waals surface area contributed by atoms with Crippen molar-refractivity contribution in [3.63, 3.8) is 0 Å². The molecule has 3 rings (SSSR count). The summed E-state index contributed by atoms with van der Waals surface area (Å²) < 4.78 is 14.0. The normalized spacial score (nSPS) is 15.5. The number of hydrogen-bond acceptors (Lipinski definition) is 5. The Morgan fingerprint density at radius 3 is 2.85 bits per heavy atom. The molecule has 6 nitrogen and oxygen atoms in total. The van der Waals surface area contributed by atoms with Crippen LogP contribution < -0.4 is 15.1 Å². The molecule has 2 aromatic rings. The van der Waals surface area contributed by atoms with E-state index in [1.54, 1.807) is 11.4 Å². The van der Waals surface area contributed by atoms with Crippen LogP contribution in [0, 0.1) is 5.82 Å². The van der Waals surface area contributed by atoms with Gasteiger partial charge in [0, 0.05) is 18.8 Å². The summed E-state index contributed by atoms with van der Waals surface area (Å²) in [6.45, 7) is 3.82. The standard InChI is InChI=1S/C17H15FN4O2S2/c1-3-21(10(2)23)17-19-11(9-26-17)8-13-15(24)22(16(25)20-13)14-7-5-4-6-12(14)18/h4-9H,3H2,1-2H3,(H,20,25)/b13-8-. The quantitative estimate of drug-likeness (QED) is 0.642. The number of nitrogens with one attached hydrogen (secondary N) is 1. The average molecular weight is 390 g/mol. The molecule has 2 amide bonds. The number of carbonyl (C=O) groups excluding carboxylic acids is 2. The van der Waals surface area contributed by atoms with E-state index < -0.39 is 11.7 Å². The number of halogens is 1. The predicted octanol–water partition coefficient (Wildman–Crippen LogP) is 2.92. The van der Waals surface area contributed by atoms with E-state index in [1.807, 2.05) is 6.92 Å². The minimum atomic E-state index is -0.540. The summed E-state index contributed by atoms with van der Waals surface area (Å²) in [5, 5.41) is 5.17. The van der Waals surface area contributed by atoms with Crippen molar-refractivity contribution in [3.05, 3.63) is 46.9 Å². The fraction of sp³-hybridized carbons (Fsp3) is 0.176. The Morgan fingerprint density at radius 2 is 2.19 bits per heavy atom. The van der Waals surface area contributed by atoms with Gasteiger partial charge in [0.05, 0.1) is 11.4 Å². The molecule has 26 heavy (non-hydrogen) atoms. The zero-order valence-corrected chi connectivity index (χ0v) is 15.7. The third-order valence-corrected chi connectivity index (χ3v) is 4.87. The van der Waals surface area contributed by atoms with Gasteiger partial charge in [-0.25, -0.2) is 14.3 Å². The Bertz CT molecular complexity index is 925. The summed E-state index contributed by atoms with van der Waals surface area (Å²) in [6, 6.07) is 5.92. The molecule has 0 radical (unpaired) electrons. The van der Waals surface area contributed by atoms with Crippen LogP contribution >= 0.6 is 23.6 Å². The van der Waals surface area contributed by atoms with Crippen LogP contribution in [-0.4, -0.2) is 28.5 Å². The first-order valence-electron chi connectivity index (χ1n) is 7.77. The molecule has 134 valence electrons. The SMILES string of the molecule is CCN(C(C)=O)c1nc(/C=C2\NC(=S)N(c3ccccc3F)C2=O)cs1. The Hall–Kier alpha value is -2.65. The van der Waals surface area contributed by atoms with Gasteiger partial charge in [-0.05, 0) is 37.4 Å². The van der Waals surface area contributed by atoms with E-state index in [0.717, 1.165) is 4.90 Å². The topological polar surface area (TPSA) is 65.5 Å². The van der Waals surface area contributed by atoms with Crippen LogP contribution in [0.15, 0.2) is 35.3 Å². The highest BCUT2D eigenvalue weighted by atomic mass is 32.1. The van der Waals surface area contributed by atoms with Crippen LogP contribution in [0.25, 0.3) is 6.08 Å². The van der Waals surface area contributed by atoms with Gasteiger partial charge >= 0.3 is 0 Å². The number of hydrogen-bond donors (Lipinski definition) is 1. The lowest BCUT2D eigenvalue weighted by molar-refractivity contribution is -0.116. The van der Waals surface area contributed by atoms with E-state index in [9.17, 15) is 14.0 Å². The summed E-state index contributed by atoms with van der Waals surface area (Å²) in [6.07, 6.45) is 1.53. The van der Waals surface area contributed by atoms with Gasteiger partial charge in [0.1, 0.15) is 11.5 Å². The number of anilines is 2. The van der Waals surface area contributed by atoms with Crippen molar-refractivity contribution in [1.29, 1.82) is 0 Å². The summed E-state index contributed by atoms with van der Waals surface area (Å²) in [5.41, 5.74) is 0.797. The minimum Gasteiger partial charge on any atom is -0.327 e. The smallest absolute Gasteiger partial charge is 0.281 e. The summed E-state index contributed by atoms with van der Waals surface area (Å²) in [7, 11) is 0. The largest absolute Gasteiger partial charge is 0.327 e. The molecule has 2 heterocycles. The number of benzene rings is 1. The lowest BCUT2D eigenvalue weighted by Crippen LogP contribution is -2.31. The zero-order valence-electron chi connectivity index (χ0n) is 14.0. The second-order valence-electron chi connectivity index (χ2n) is 5.40. The maximum atomic E-state index is 14.0. The molecule has 1 aromatic carbocycles. The fourth-order valence-electron chi connectivity index (χ4n) is 2.49. The average Bonchev–Trinajstić information content (AvgIpc) is 3.14. The first-order valence-corrected chi connectivity index (χ1v) is 9.06. The van der Waals surface area contributed by atoms with Crippen LogP contribution in [0.4, 0.5) is 15.2 Å². The molecule has 0 saturated carbocycles. The molecule has 0 aliphatic carbocycles. The van der Waals surface area contributed by atoms with Crippen molar-refractivity contribution >= 4 is 57.4 Å². The molecule has 1 N–H and O–H groups in total. The maximum Gasteiger partial charge on any atom is 0.281 e. The van der Waals surface area contributed by atoms with Gasteiger partial charge in [-0.3, -0.25) is 14.5 Å². The second-order valence-corrected chi connectivity index (χ2v) is 6.62. The molecular weight excluding hydrogens is 375 g/mol. The third-order valence-electron chi connectivity index (χ3n) is 3.70. The summed E-state index contributed by atoms with van der Waals surface area (Å²) in [5.74, 6) is -1.11. The molecule has 9 heteroatoms. The van der Waals surface area contributed by atoms with Gasteiger partial charge in [0.2, 0.25) is 5.91 Å². The van der Waals surface area contributed by atoms with Crippen LogP contribution in [0.1, 0.15) is 19.5 Å². The molecular formula is C17H15FN4O2S2. The first-order chi connectivity index (χ1) is 12.4. The van der Waals surface area contributed by atoms with Crippen molar-refractivity contribution in [3.8, 4) is 0 Å². The van der Waals surface area contributed by atoms with Crippen molar-refractivity contribution in [2.75, 3.05) is 16.3 Å². The molecule has 1 saturated heterocycles. The Balaban J connectivity index is 1.88. The molecule has 1 aromatic heterocycles. The number of thiocarbonyl (C=S) groups is 1. The van der Waals surface area contributed by atoms with E-state index in [0.29, 0.717) is 17.4 Å².